The Labute approximate surface area is 160 Å². The zero-order valence-corrected chi connectivity index (χ0v) is 15.8. The van der Waals surface area contributed by atoms with E-state index >= 15 is 0 Å². The third-order valence-electron chi connectivity index (χ3n) is 4.94. The maximum absolute atomic E-state index is 6.16. The van der Waals surface area contributed by atoms with Gasteiger partial charge in [0.15, 0.2) is 0 Å². The van der Waals surface area contributed by atoms with Gasteiger partial charge in [0.2, 0.25) is 0 Å². The van der Waals surface area contributed by atoms with Gasteiger partial charge < -0.3 is 14.8 Å². The molecule has 1 N–H and O–H groups in total. The molecule has 2 heterocycles. The van der Waals surface area contributed by atoms with Gasteiger partial charge in [-0.1, -0.05) is 12.1 Å². The average Bonchev–Trinajstić information content (AvgIpc) is 2.72. The topological polar surface area (TPSA) is 43.4 Å². The Balaban J connectivity index is 1.66. The van der Waals surface area contributed by atoms with Crippen LogP contribution in [0.2, 0.25) is 0 Å². The standard InChI is InChI=1S/C23H24N2O2/c1-16-7-10-25-20(11-16)15-27-23-13-21(26-2)5-6-22(23)18-4-3-17-8-9-24-14-19(17)12-18/h3-7,10-13,24H,8-9,14-15H2,1-2H3. The smallest absolute Gasteiger partial charge is 0.131 e. The highest BCUT2D eigenvalue weighted by Crippen LogP contribution is 2.35. The van der Waals surface area contributed by atoms with Crippen molar-refractivity contribution < 1.29 is 9.47 Å². The van der Waals surface area contributed by atoms with Gasteiger partial charge in [-0.15, -0.1) is 0 Å². The first-order valence-electron chi connectivity index (χ1n) is 9.28. The van der Waals surface area contributed by atoms with E-state index < -0.39 is 0 Å². The predicted octanol–water partition coefficient (Wildman–Crippen LogP) is 4.29. The number of nitrogens with one attached hydrogen (secondary N) is 1. The molecule has 4 nitrogen and oxygen atoms in total. The van der Waals surface area contributed by atoms with Gasteiger partial charge in [0.05, 0.1) is 12.8 Å². The minimum absolute atomic E-state index is 0.425. The predicted molar refractivity (Wildman–Crippen MR) is 107 cm³/mol. The quantitative estimate of drug-likeness (QED) is 0.737. The summed E-state index contributed by atoms with van der Waals surface area (Å²) in [5, 5.41) is 3.44. The van der Waals surface area contributed by atoms with Crippen LogP contribution in [0.25, 0.3) is 11.1 Å². The van der Waals surface area contributed by atoms with Crippen molar-refractivity contribution in [2.75, 3.05) is 13.7 Å². The fourth-order valence-corrected chi connectivity index (χ4v) is 3.46. The monoisotopic (exact) mass is 360 g/mol. The highest BCUT2D eigenvalue weighted by molar-refractivity contribution is 5.72. The molecular formula is C23H24N2O2. The van der Waals surface area contributed by atoms with Gasteiger partial charge >= 0.3 is 0 Å². The minimum atomic E-state index is 0.425. The van der Waals surface area contributed by atoms with Crippen LogP contribution in [-0.4, -0.2) is 18.6 Å². The summed E-state index contributed by atoms with van der Waals surface area (Å²) in [6.07, 6.45) is 2.90. The van der Waals surface area contributed by atoms with Crippen molar-refractivity contribution in [2.45, 2.75) is 26.5 Å². The van der Waals surface area contributed by atoms with E-state index in [9.17, 15) is 0 Å². The molecule has 0 saturated carbocycles. The Morgan fingerprint density at radius 1 is 1.04 bits per heavy atom. The summed E-state index contributed by atoms with van der Waals surface area (Å²) in [6.45, 7) is 4.45. The molecule has 0 radical (unpaired) electrons. The number of nitrogens with zero attached hydrogens (tertiary/aromatic N) is 1. The third kappa shape index (κ3) is 3.96. The van der Waals surface area contributed by atoms with E-state index in [1.54, 1.807) is 7.11 Å². The number of ether oxygens (including phenoxy) is 2. The van der Waals surface area contributed by atoms with Gasteiger partial charge in [-0.2, -0.15) is 0 Å². The van der Waals surface area contributed by atoms with Gasteiger partial charge in [0.1, 0.15) is 18.1 Å². The van der Waals surface area contributed by atoms with Crippen molar-refractivity contribution in [2.24, 2.45) is 0 Å². The number of aryl methyl sites for hydroxylation is 1. The molecule has 0 aliphatic carbocycles. The number of methoxy groups -OCH3 is 1. The lowest BCUT2D eigenvalue weighted by Crippen LogP contribution is -2.23. The van der Waals surface area contributed by atoms with Crippen LogP contribution >= 0.6 is 0 Å². The van der Waals surface area contributed by atoms with Crippen LogP contribution in [0.15, 0.2) is 54.7 Å². The van der Waals surface area contributed by atoms with E-state index in [1.165, 1.54) is 16.7 Å². The summed E-state index contributed by atoms with van der Waals surface area (Å²) in [7, 11) is 1.67. The highest BCUT2D eigenvalue weighted by atomic mass is 16.5. The van der Waals surface area contributed by atoms with E-state index in [0.717, 1.165) is 47.8 Å². The fourth-order valence-electron chi connectivity index (χ4n) is 3.46. The lowest BCUT2D eigenvalue weighted by Gasteiger charge is -2.19. The van der Waals surface area contributed by atoms with Crippen LogP contribution < -0.4 is 14.8 Å². The van der Waals surface area contributed by atoms with Gasteiger partial charge in [0.25, 0.3) is 0 Å². The van der Waals surface area contributed by atoms with Crippen molar-refractivity contribution >= 4 is 0 Å². The summed E-state index contributed by atoms with van der Waals surface area (Å²) in [6, 6.07) is 16.7. The molecule has 4 rings (SSSR count). The van der Waals surface area contributed by atoms with Gasteiger partial charge in [-0.25, -0.2) is 0 Å². The maximum atomic E-state index is 6.16. The largest absolute Gasteiger partial charge is 0.497 e. The van der Waals surface area contributed by atoms with E-state index in [4.69, 9.17) is 9.47 Å². The Hall–Kier alpha value is -2.85. The van der Waals surface area contributed by atoms with Crippen molar-refractivity contribution in [3.8, 4) is 22.6 Å². The van der Waals surface area contributed by atoms with E-state index in [1.807, 2.05) is 30.5 Å². The van der Waals surface area contributed by atoms with Crippen molar-refractivity contribution in [1.82, 2.24) is 10.3 Å². The zero-order chi connectivity index (χ0) is 18.6. The van der Waals surface area contributed by atoms with Crippen LogP contribution in [0.3, 0.4) is 0 Å². The SMILES string of the molecule is COc1ccc(-c2ccc3c(c2)CNCC3)c(OCc2cc(C)ccn2)c1. The second kappa shape index (κ2) is 7.80. The lowest BCUT2D eigenvalue weighted by atomic mass is 9.95. The van der Waals surface area contributed by atoms with Crippen molar-refractivity contribution in [1.29, 1.82) is 0 Å². The summed E-state index contributed by atoms with van der Waals surface area (Å²) in [5.74, 6) is 1.59. The molecule has 0 atom stereocenters. The number of rotatable bonds is 5. The molecule has 4 heteroatoms. The molecule has 138 valence electrons. The number of benzene rings is 2. The minimum Gasteiger partial charge on any atom is -0.497 e. The molecule has 0 fully saturated rings. The van der Waals surface area contributed by atoms with E-state index in [2.05, 4.69) is 41.5 Å². The zero-order valence-electron chi connectivity index (χ0n) is 15.8. The highest BCUT2D eigenvalue weighted by Gasteiger charge is 2.13. The van der Waals surface area contributed by atoms with Gasteiger partial charge in [-0.3, -0.25) is 4.98 Å². The van der Waals surface area contributed by atoms with Crippen LogP contribution in [0, 0.1) is 6.92 Å². The van der Waals surface area contributed by atoms with Gasteiger partial charge in [-0.05, 0) is 72.5 Å². The normalized spacial score (nSPS) is 13.1. The fraction of sp³-hybridized carbons (Fsp3) is 0.261. The molecule has 0 bridgehead atoms. The number of hydrogen-bond donors (Lipinski definition) is 1. The summed E-state index contributed by atoms with van der Waals surface area (Å²) >= 11 is 0. The molecule has 2 aromatic carbocycles. The Bertz CT molecular complexity index is 953. The lowest BCUT2D eigenvalue weighted by molar-refractivity contribution is 0.300. The maximum Gasteiger partial charge on any atom is 0.131 e. The first-order chi connectivity index (χ1) is 13.2. The average molecular weight is 360 g/mol. The van der Waals surface area contributed by atoms with Crippen molar-refractivity contribution in [3.05, 3.63) is 77.1 Å². The molecule has 1 aromatic heterocycles. The summed E-state index contributed by atoms with van der Waals surface area (Å²) in [4.78, 5) is 4.39. The van der Waals surface area contributed by atoms with Crippen LogP contribution in [0.4, 0.5) is 0 Å². The first-order valence-corrected chi connectivity index (χ1v) is 9.28. The Morgan fingerprint density at radius 3 is 2.81 bits per heavy atom. The second-order valence-corrected chi connectivity index (χ2v) is 6.89. The molecule has 1 aliphatic heterocycles. The molecule has 0 amide bonds. The molecule has 0 unspecified atom stereocenters. The number of fused-ring (bicyclic) bond motifs is 1. The Morgan fingerprint density at radius 2 is 1.96 bits per heavy atom. The second-order valence-electron chi connectivity index (χ2n) is 6.89. The molecule has 27 heavy (non-hydrogen) atoms. The van der Waals surface area contributed by atoms with E-state index in [0.29, 0.717) is 6.61 Å². The summed E-state index contributed by atoms with van der Waals surface area (Å²) < 4.78 is 11.6. The number of hydrogen-bond acceptors (Lipinski definition) is 4. The summed E-state index contributed by atoms with van der Waals surface area (Å²) in [5.41, 5.74) is 7.11. The third-order valence-corrected chi connectivity index (χ3v) is 4.94. The molecule has 1 aliphatic rings. The first kappa shape index (κ1) is 17.6. The Kier molecular flexibility index (Phi) is 5.07. The van der Waals surface area contributed by atoms with Gasteiger partial charge in [0, 0.05) is 24.4 Å². The molecule has 0 spiro atoms. The van der Waals surface area contributed by atoms with Crippen LogP contribution in [-0.2, 0) is 19.6 Å². The molecule has 0 saturated heterocycles. The number of pyridine rings is 1. The molecular weight excluding hydrogens is 336 g/mol. The van der Waals surface area contributed by atoms with Crippen molar-refractivity contribution in [3.63, 3.8) is 0 Å². The van der Waals surface area contributed by atoms with Crippen LogP contribution in [0.1, 0.15) is 22.4 Å². The van der Waals surface area contributed by atoms with E-state index in [-0.39, 0.29) is 0 Å². The molecule has 3 aromatic rings. The number of aromatic nitrogens is 1. The van der Waals surface area contributed by atoms with Crippen LogP contribution in [0.5, 0.6) is 11.5 Å².